The molecule has 1 aromatic rings. The molecule has 0 unspecified atom stereocenters. The van der Waals surface area contributed by atoms with Gasteiger partial charge in [0, 0.05) is 6.54 Å². The molecule has 1 rings (SSSR count). The summed E-state index contributed by atoms with van der Waals surface area (Å²) in [6.45, 7) is 5.37. The number of benzene rings is 1. The second-order valence-corrected chi connectivity index (χ2v) is 4.59. The Labute approximate surface area is 103 Å². The first-order chi connectivity index (χ1) is 8.11. The number of ether oxygens (including phenoxy) is 1. The highest BCUT2D eigenvalue weighted by molar-refractivity contribution is 5.71. The van der Waals surface area contributed by atoms with Crippen LogP contribution in [0.1, 0.15) is 25.0 Å². The minimum atomic E-state index is -0.235. The number of methoxy groups -OCH3 is 1. The van der Waals surface area contributed by atoms with E-state index in [9.17, 15) is 4.79 Å². The molecule has 0 atom stereocenters. The molecule has 3 heteroatoms. The molecule has 0 aliphatic rings. The van der Waals surface area contributed by atoms with Crippen LogP contribution >= 0.6 is 0 Å². The SMILES string of the molecule is COC(=O)CNCc1ccc(CC(C)C)cc1. The van der Waals surface area contributed by atoms with Crippen molar-refractivity contribution >= 4 is 5.97 Å². The van der Waals surface area contributed by atoms with Gasteiger partial charge in [-0.05, 0) is 23.5 Å². The van der Waals surface area contributed by atoms with E-state index in [2.05, 4.69) is 48.2 Å². The zero-order chi connectivity index (χ0) is 12.7. The summed E-state index contributed by atoms with van der Waals surface area (Å²) in [5.74, 6) is 0.444. The molecule has 0 radical (unpaired) electrons. The van der Waals surface area contributed by atoms with E-state index in [1.165, 1.54) is 18.2 Å². The van der Waals surface area contributed by atoms with E-state index in [1.807, 2.05) is 0 Å². The Morgan fingerprint density at radius 2 is 1.82 bits per heavy atom. The second-order valence-electron chi connectivity index (χ2n) is 4.59. The maximum Gasteiger partial charge on any atom is 0.319 e. The molecule has 0 aliphatic carbocycles. The number of esters is 1. The third kappa shape index (κ3) is 5.50. The fraction of sp³-hybridized carbons (Fsp3) is 0.500. The van der Waals surface area contributed by atoms with Gasteiger partial charge in [0.1, 0.15) is 0 Å². The lowest BCUT2D eigenvalue weighted by atomic mass is 10.0. The van der Waals surface area contributed by atoms with E-state index < -0.39 is 0 Å². The quantitative estimate of drug-likeness (QED) is 0.768. The van der Waals surface area contributed by atoms with Crippen molar-refractivity contribution in [1.82, 2.24) is 5.32 Å². The highest BCUT2D eigenvalue weighted by atomic mass is 16.5. The number of carbonyl (C=O) groups is 1. The van der Waals surface area contributed by atoms with Gasteiger partial charge in [-0.3, -0.25) is 4.79 Å². The average Bonchev–Trinajstić information content (AvgIpc) is 2.30. The van der Waals surface area contributed by atoms with E-state index in [4.69, 9.17) is 0 Å². The Morgan fingerprint density at radius 1 is 1.24 bits per heavy atom. The molecule has 0 fully saturated rings. The molecule has 94 valence electrons. The molecular formula is C14H21NO2. The van der Waals surface area contributed by atoms with Gasteiger partial charge in [-0.15, -0.1) is 0 Å². The van der Waals surface area contributed by atoms with Gasteiger partial charge < -0.3 is 10.1 Å². The fourth-order valence-electron chi connectivity index (χ4n) is 1.65. The lowest BCUT2D eigenvalue weighted by molar-refractivity contribution is -0.139. The van der Waals surface area contributed by atoms with Crippen LogP contribution in [0, 0.1) is 5.92 Å². The molecule has 0 saturated heterocycles. The number of hydrogen-bond acceptors (Lipinski definition) is 3. The maximum atomic E-state index is 10.9. The van der Waals surface area contributed by atoms with Gasteiger partial charge in [0.05, 0.1) is 13.7 Å². The van der Waals surface area contributed by atoms with Gasteiger partial charge in [-0.25, -0.2) is 0 Å². The topological polar surface area (TPSA) is 38.3 Å². The Hall–Kier alpha value is -1.35. The second kappa shape index (κ2) is 7.07. The van der Waals surface area contributed by atoms with Gasteiger partial charge in [0.25, 0.3) is 0 Å². The maximum absolute atomic E-state index is 10.9. The highest BCUT2D eigenvalue weighted by Crippen LogP contribution is 2.09. The van der Waals surface area contributed by atoms with Gasteiger partial charge in [-0.2, -0.15) is 0 Å². The molecule has 1 aromatic carbocycles. The first kappa shape index (κ1) is 13.7. The van der Waals surface area contributed by atoms with Crippen molar-refractivity contribution in [3.63, 3.8) is 0 Å². The number of rotatable bonds is 6. The molecule has 0 spiro atoms. The normalized spacial score (nSPS) is 10.6. The Balaban J connectivity index is 2.37. The van der Waals surface area contributed by atoms with Crippen LogP contribution in [0.2, 0.25) is 0 Å². The Kier molecular flexibility index (Phi) is 5.70. The van der Waals surface area contributed by atoms with Crippen LogP contribution in [0.15, 0.2) is 24.3 Å². The van der Waals surface area contributed by atoms with E-state index in [0.717, 1.165) is 6.42 Å². The van der Waals surface area contributed by atoms with E-state index in [1.54, 1.807) is 0 Å². The van der Waals surface area contributed by atoms with E-state index in [0.29, 0.717) is 12.5 Å². The van der Waals surface area contributed by atoms with Crippen LogP contribution < -0.4 is 5.32 Å². The van der Waals surface area contributed by atoms with Gasteiger partial charge in [0.15, 0.2) is 0 Å². The average molecular weight is 235 g/mol. The van der Waals surface area contributed by atoms with Gasteiger partial charge in [-0.1, -0.05) is 38.1 Å². The summed E-state index contributed by atoms with van der Waals surface area (Å²) in [6.07, 6.45) is 1.11. The monoisotopic (exact) mass is 235 g/mol. The number of nitrogens with one attached hydrogen (secondary N) is 1. The summed E-state index contributed by atoms with van der Waals surface area (Å²) >= 11 is 0. The lowest BCUT2D eigenvalue weighted by Gasteiger charge is -2.07. The van der Waals surface area contributed by atoms with Gasteiger partial charge in [0.2, 0.25) is 0 Å². The largest absolute Gasteiger partial charge is 0.468 e. The highest BCUT2D eigenvalue weighted by Gasteiger charge is 2.00. The third-order valence-corrected chi connectivity index (χ3v) is 2.49. The van der Waals surface area contributed by atoms with Crippen molar-refractivity contribution in [2.75, 3.05) is 13.7 Å². The number of carbonyl (C=O) groups excluding carboxylic acids is 1. The van der Waals surface area contributed by atoms with Crippen LogP contribution in [0.25, 0.3) is 0 Å². The predicted octanol–water partition coefficient (Wildman–Crippen LogP) is 2.15. The van der Waals surface area contributed by atoms with E-state index >= 15 is 0 Å². The Bertz CT molecular complexity index is 344. The zero-order valence-electron chi connectivity index (χ0n) is 10.8. The van der Waals surface area contributed by atoms with Crippen LogP contribution in [-0.4, -0.2) is 19.6 Å². The minimum absolute atomic E-state index is 0.235. The van der Waals surface area contributed by atoms with Crippen LogP contribution in [-0.2, 0) is 22.5 Å². The van der Waals surface area contributed by atoms with Crippen molar-refractivity contribution in [2.24, 2.45) is 5.92 Å². The van der Waals surface area contributed by atoms with Crippen molar-refractivity contribution in [2.45, 2.75) is 26.8 Å². The minimum Gasteiger partial charge on any atom is -0.468 e. The fourth-order valence-corrected chi connectivity index (χ4v) is 1.65. The molecular weight excluding hydrogens is 214 g/mol. The molecule has 0 saturated carbocycles. The smallest absolute Gasteiger partial charge is 0.319 e. The van der Waals surface area contributed by atoms with Crippen molar-refractivity contribution in [3.8, 4) is 0 Å². The lowest BCUT2D eigenvalue weighted by Crippen LogP contribution is -2.23. The third-order valence-electron chi connectivity index (χ3n) is 2.49. The zero-order valence-corrected chi connectivity index (χ0v) is 10.8. The molecule has 0 amide bonds. The summed E-state index contributed by atoms with van der Waals surface area (Å²) in [6, 6.07) is 8.49. The van der Waals surface area contributed by atoms with Crippen LogP contribution in [0.3, 0.4) is 0 Å². The Morgan fingerprint density at radius 3 is 2.35 bits per heavy atom. The molecule has 0 aromatic heterocycles. The summed E-state index contributed by atoms with van der Waals surface area (Å²) in [5, 5.41) is 3.04. The molecule has 3 nitrogen and oxygen atoms in total. The standard InChI is InChI=1S/C14H21NO2/c1-11(2)8-12-4-6-13(7-5-12)9-15-10-14(16)17-3/h4-7,11,15H,8-10H2,1-3H3. The first-order valence-electron chi connectivity index (χ1n) is 5.97. The van der Waals surface area contributed by atoms with E-state index in [-0.39, 0.29) is 12.5 Å². The molecule has 0 heterocycles. The van der Waals surface area contributed by atoms with Gasteiger partial charge >= 0.3 is 5.97 Å². The van der Waals surface area contributed by atoms with Crippen molar-refractivity contribution < 1.29 is 9.53 Å². The first-order valence-corrected chi connectivity index (χ1v) is 5.97. The molecule has 1 N–H and O–H groups in total. The van der Waals surface area contributed by atoms with Crippen molar-refractivity contribution in [1.29, 1.82) is 0 Å². The van der Waals surface area contributed by atoms with Crippen LogP contribution in [0.4, 0.5) is 0 Å². The molecule has 0 aliphatic heterocycles. The van der Waals surface area contributed by atoms with Crippen LogP contribution in [0.5, 0.6) is 0 Å². The predicted molar refractivity (Wildman–Crippen MR) is 68.7 cm³/mol. The summed E-state index contributed by atoms with van der Waals surface area (Å²) < 4.78 is 4.55. The molecule has 17 heavy (non-hydrogen) atoms. The summed E-state index contributed by atoms with van der Waals surface area (Å²) in [5.41, 5.74) is 2.54. The molecule has 0 bridgehead atoms. The van der Waals surface area contributed by atoms with Crippen molar-refractivity contribution in [3.05, 3.63) is 35.4 Å². The number of hydrogen-bond donors (Lipinski definition) is 1. The summed E-state index contributed by atoms with van der Waals surface area (Å²) in [7, 11) is 1.39. The summed E-state index contributed by atoms with van der Waals surface area (Å²) in [4.78, 5) is 10.9.